The lowest BCUT2D eigenvalue weighted by atomic mass is 10.2. The Hall–Kier alpha value is -3.47. The number of fused-ring (bicyclic) bond motifs is 1. The van der Waals surface area contributed by atoms with E-state index in [1.165, 1.54) is 0 Å². The van der Waals surface area contributed by atoms with Crippen LogP contribution in [-0.4, -0.2) is 9.97 Å². The van der Waals surface area contributed by atoms with Gasteiger partial charge in [0.2, 0.25) is 0 Å². The van der Waals surface area contributed by atoms with E-state index in [-0.39, 0.29) is 5.69 Å². The van der Waals surface area contributed by atoms with Crippen molar-refractivity contribution < 1.29 is 4.74 Å². The molecule has 1 heterocycles. The van der Waals surface area contributed by atoms with Crippen LogP contribution < -0.4 is 15.7 Å². The highest BCUT2D eigenvalue weighted by atomic mass is 16.5. The first-order valence-corrected chi connectivity index (χ1v) is 8.48. The molecule has 5 heteroatoms. The van der Waals surface area contributed by atoms with Gasteiger partial charge in [0.1, 0.15) is 12.4 Å². The molecule has 0 amide bonds. The topological polar surface area (TPSA) is 69.9 Å². The van der Waals surface area contributed by atoms with Gasteiger partial charge in [-0.05, 0) is 41.5 Å². The summed E-state index contributed by atoms with van der Waals surface area (Å²) in [7, 11) is 0. The molecule has 130 valence electrons. The lowest BCUT2D eigenvalue weighted by Gasteiger charge is -2.10. The summed E-state index contributed by atoms with van der Waals surface area (Å²) in [5.41, 5.74) is 4.61. The maximum absolute atomic E-state index is 11.3. The fraction of sp³-hybridized carbons (Fsp3) is 0.0952. The predicted molar refractivity (Wildman–Crippen MR) is 103 cm³/mol. The molecule has 26 heavy (non-hydrogen) atoms. The molecule has 3 N–H and O–H groups in total. The van der Waals surface area contributed by atoms with Crippen molar-refractivity contribution in [1.82, 2.24) is 9.97 Å². The normalized spacial score (nSPS) is 10.8. The standard InChI is InChI=1S/C21H19N3O2/c25-21-23-19-10-9-17(12-20(19)24-21)22-13-16-7-4-8-18(11-16)26-14-15-5-2-1-3-6-15/h1-12,22H,13-14H2,(H2,23,24,25). The van der Waals surface area contributed by atoms with Gasteiger partial charge in [0, 0.05) is 12.2 Å². The quantitative estimate of drug-likeness (QED) is 0.494. The van der Waals surface area contributed by atoms with E-state index in [2.05, 4.69) is 21.4 Å². The highest BCUT2D eigenvalue weighted by Gasteiger charge is 2.02. The van der Waals surface area contributed by atoms with Crippen molar-refractivity contribution in [2.24, 2.45) is 0 Å². The van der Waals surface area contributed by atoms with Crippen molar-refractivity contribution in [3.05, 3.63) is 94.4 Å². The summed E-state index contributed by atoms with van der Waals surface area (Å²) >= 11 is 0. The number of imidazole rings is 1. The molecule has 1 aromatic heterocycles. The highest BCUT2D eigenvalue weighted by Crippen LogP contribution is 2.18. The number of aromatic amines is 2. The summed E-state index contributed by atoms with van der Waals surface area (Å²) < 4.78 is 5.87. The van der Waals surface area contributed by atoms with Crippen LogP contribution in [-0.2, 0) is 13.2 Å². The lowest BCUT2D eigenvalue weighted by molar-refractivity contribution is 0.306. The molecule has 0 aliphatic rings. The van der Waals surface area contributed by atoms with Gasteiger partial charge in [0.15, 0.2) is 0 Å². The molecule has 0 radical (unpaired) electrons. The molecule has 0 spiro atoms. The zero-order valence-corrected chi connectivity index (χ0v) is 14.2. The second kappa shape index (κ2) is 7.19. The van der Waals surface area contributed by atoms with Crippen molar-refractivity contribution in [2.45, 2.75) is 13.2 Å². The Morgan fingerprint density at radius 3 is 2.50 bits per heavy atom. The van der Waals surface area contributed by atoms with Crippen LogP contribution >= 0.6 is 0 Å². The summed E-state index contributed by atoms with van der Waals surface area (Å²) in [6, 6.07) is 23.9. The third-order valence-corrected chi connectivity index (χ3v) is 4.16. The van der Waals surface area contributed by atoms with Crippen molar-refractivity contribution >= 4 is 16.7 Å². The van der Waals surface area contributed by atoms with E-state index in [9.17, 15) is 4.79 Å². The minimum absolute atomic E-state index is 0.194. The molecule has 5 nitrogen and oxygen atoms in total. The number of ether oxygens (including phenoxy) is 1. The third-order valence-electron chi connectivity index (χ3n) is 4.16. The highest BCUT2D eigenvalue weighted by molar-refractivity contribution is 5.78. The Labute approximate surface area is 150 Å². The van der Waals surface area contributed by atoms with Gasteiger partial charge in [-0.3, -0.25) is 0 Å². The number of nitrogens with one attached hydrogen (secondary N) is 3. The maximum atomic E-state index is 11.3. The van der Waals surface area contributed by atoms with Crippen molar-refractivity contribution in [3.63, 3.8) is 0 Å². The first-order chi connectivity index (χ1) is 12.8. The minimum atomic E-state index is -0.194. The van der Waals surface area contributed by atoms with E-state index in [4.69, 9.17) is 4.74 Å². The Balaban J connectivity index is 1.40. The van der Waals surface area contributed by atoms with Gasteiger partial charge in [0.25, 0.3) is 0 Å². The van der Waals surface area contributed by atoms with Gasteiger partial charge < -0.3 is 20.0 Å². The molecular formula is C21H19N3O2. The van der Waals surface area contributed by atoms with Crippen LogP contribution in [0.2, 0.25) is 0 Å². The van der Waals surface area contributed by atoms with Crippen LogP contribution in [0.4, 0.5) is 5.69 Å². The van der Waals surface area contributed by atoms with Crippen LogP contribution in [0.25, 0.3) is 11.0 Å². The van der Waals surface area contributed by atoms with Gasteiger partial charge >= 0.3 is 5.69 Å². The van der Waals surface area contributed by atoms with Crippen LogP contribution in [0, 0.1) is 0 Å². The number of H-pyrrole nitrogens is 2. The van der Waals surface area contributed by atoms with E-state index in [1.54, 1.807) is 0 Å². The Kier molecular flexibility index (Phi) is 4.43. The smallest absolute Gasteiger partial charge is 0.323 e. The summed E-state index contributed by atoms with van der Waals surface area (Å²) in [6.07, 6.45) is 0. The van der Waals surface area contributed by atoms with Crippen molar-refractivity contribution in [2.75, 3.05) is 5.32 Å². The van der Waals surface area contributed by atoms with E-state index in [0.717, 1.165) is 33.6 Å². The number of anilines is 1. The summed E-state index contributed by atoms with van der Waals surface area (Å²) in [4.78, 5) is 16.8. The fourth-order valence-electron chi connectivity index (χ4n) is 2.83. The van der Waals surface area contributed by atoms with Gasteiger partial charge in [-0.15, -0.1) is 0 Å². The molecule has 0 saturated carbocycles. The molecule has 4 aromatic rings. The number of benzene rings is 3. The molecule has 3 aromatic carbocycles. The van der Waals surface area contributed by atoms with Crippen molar-refractivity contribution in [1.29, 1.82) is 0 Å². The molecule has 0 atom stereocenters. The minimum Gasteiger partial charge on any atom is -0.489 e. The van der Waals surface area contributed by atoms with Crippen molar-refractivity contribution in [3.8, 4) is 5.75 Å². The second-order valence-corrected chi connectivity index (χ2v) is 6.11. The summed E-state index contributed by atoms with van der Waals surface area (Å²) in [5, 5.41) is 3.37. The monoisotopic (exact) mass is 345 g/mol. The van der Waals surface area contributed by atoms with Gasteiger partial charge in [-0.2, -0.15) is 0 Å². The maximum Gasteiger partial charge on any atom is 0.323 e. The Morgan fingerprint density at radius 2 is 1.62 bits per heavy atom. The zero-order chi connectivity index (χ0) is 17.8. The molecule has 4 rings (SSSR count). The fourth-order valence-corrected chi connectivity index (χ4v) is 2.83. The summed E-state index contributed by atoms with van der Waals surface area (Å²) in [5.74, 6) is 0.846. The molecule has 0 aliphatic heterocycles. The molecule has 0 unspecified atom stereocenters. The lowest BCUT2D eigenvalue weighted by Crippen LogP contribution is -2.00. The van der Waals surface area contributed by atoms with E-state index < -0.39 is 0 Å². The number of hydrogen-bond donors (Lipinski definition) is 3. The molecule has 0 saturated heterocycles. The SMILES string of the molecule is O=c1[nH]c2ccc(NCc3cccc(OCc4ccccc4)c3)cc2[nH]1. The van der Waals surface area contributed by atoms with Crippen LogP contribution in [0.3, 0.4) is 0 Å². The van der Waals surface area contributed by atoms with E-state index in [1.807, 2.05) is 66.7 Å². The van der Waals surface area contributed by atoms with E-state index in [0.29, 0.717) is 13.2 Å². The van der Waals surface area contributed by atoms with Gasteiger partial charge in [0.05, 0.1) is 11.0 Å². The largest absolute Gasteiger partial charge is 0.489 e. The van der Waals surface area contributed by atoms with E-state index >= 15 is 0 Å². The molecule has 0 fully saturated rings. The second-order valence-electron chi connectivity index (χ2n) is 6.11. The van der Waals surface area contributed by atoms with Gasteiger partial charge in [-0.25, -0.2) is 4.79 Å². The zero-order valence-electron chi connectivity index (χ0n) is 14.2. The van der Waals surface area contributed by atoms with Crippen LogP contribution in [0.15, 0.2) is 77.6 Å². The number of hydrogen-bond acceptors (Lipinski definition) is 3. The van der Waals surface area contributed by atoms with Crippen LogP contribution in [0.1, 0.15) is 11.1 Å². The Bertz CT molecular complexity index is 1070. The molecule has 0 aliphatic carbocycles. The molecule has 0 bridgehead atoms. The number of rotatable bonds is 6. The number of aromatic nitrogens is 2. The first-order valence-electron chi connectivity index (χ1n) is 8.48. The average molecular weight is 345 g/mol. The molecular weight excluding hydrogens is 326 g/mol. The Morgan fingerprint density at radius 1 is 0.808 bits per heavy atom. The summed E-state index contributed by atoms with van der Waals surface area (Å²) in [6.45, 7) is 1.22. The average Bonchev–Trinajstić information content (AvgIpc) is 3.05. The van der Waals surface area contributed by atoms with Gasteiger partial charge in [-0.1, -0.05) is 42.5 Å². The predicted octanol–water partition coefficient (Wildman–Crippen LogP) is 4.05. The third kappa shape index (κ3) is 3.78. The van der Waals surface area contributed by atoms with Crippen LogP contribution in [0.5, 0.6) is 5.75 Å². The first kappa shape index (κ1) is 16.0.